The number of thiazole rings is 1. The third-order valence-electron chi connectivity index (χ3n) is 5.33. The standard InChI is InChI=1S/C25H24N2O2S/c1-16-10-12-20(14-18(16)3)24(28)27(15-19-8-6-5-7-9-19)25-26-22-21(29-4)13-11-17(2)23(22)30-25/h5-14H,15H2,1-4H3. The van der Waals surface area contributed by atoms with E-state index in [-0.39, 0.29) is 5.91 Å². The van der Waals surface area contributed by atoms with Gasteiger partial charge in [0.05, 0.1) is 18.4 Å². The number of hydrogen-bond donors (Lipinski definition) is 0. The lowest BCUT2D eigenvalue weighted by Crippen LogP contribution is -2.30. The number of carbonyl (C=O) groups excluding carboxylic acids is 1. The van der Waals surface area contributed by atoms with Crippen LogP contribution in [0.5, 0.6) is 5.75 Å². The van der Waals surface area contributed by atoms with Gasteiger partial charge in [0.15, 0.2) is 5.13 Å². The van der Waals surface area contributed by atoms with Gasteiger partial charge in [-0.05, 0) is 61.2 Å². The second-order valence-electron chi connectivity index (χ2n) is 7.43. The number of methoxy groups -OCH3 is 1. The van der Waals surface area contributed by atoms with Crippen molar-refractivity contribution >= 4 is 32.6 Å². The fourth-order valence-electron chi connectivity index (χ4n) is 3.40. The molecule has 0 bridgehead atoms. The highest BCUT2D eigenvalue weighted by atomic mass is 32.1. The third-order valence-corrected chi connectivity index (χ3v) is 6.54. The Morgan fingerprint density at radius 2 is 1.70 bits per heavy atom. The quantitative estimate of drug-likeness (QED) is 0.396. The first-order valence-electron chi connectivity index (χ1n) is 9.85. The van der Waals surface area contributed by atoms with Gasteiger partial charge < -0.3 is 4.74 Å². The Kier molecular flexibility index (Phi) is 5.55. The van der Waals surface area contributed by atoms with Gasteiger partial charge in [0.1, 0.15) is 11.3 Å². The van der Waals surface area contributed by atoms with Crippen LogP contribution < -0.4 is 9.64 Å². The van der Waals surface area contributed by atoms with Gasteiger partial charge in [0.25, 0.3) is 5.91 Å². The Labute approximate surface area is 180 Å². The Morgan fingerprint density at radius 1 is 0.967 bits per heavy atom. The molecule has 0 aliphatic heterocycles. The predicted molar refractivity (Wildman–Crippen MR) is 124 cm³/mol. The molecular weight excluding hydrogens is 392 g/mol. The number of benzene rings is 3. The normalized spacial score (nSPS) is 10.9. The number of nitrogens with zero attached hydrogens (tertiary/aromatic N) is 2. The van der Waals surface area contributed by atoms with Gasteiger partial charge in [0, 0.05) is 5.56 Å². The lowest BCUT2D eigenvalue weighted by Gasteiger charge is -2.20. The van der Waals surface area contributed by atoms with Crippen molar-refractivity contribution in [1.82, 2.24) is 4.98 Å². The molecule has 5 heteroatoms. The Hall–Kier alpha value is -3.18. The Morgan fingerprint density at radius 3 is 2.40 bits per heavy atom. The maximum Gasteiger partial charge on any atom is 0.260 e. The van der Waals surface area contributed by atoms with E-state index in [9.17, 15) is 4.79 Å². The van der Waals surface area contributed by atoms with Crippen LogP contribution in [-0.2, 0) is 6.54 Å². The lowest BCUT2D eigenvalue weighted by atomic mass is 10.1. The monoisotopic (exact) mass is 416 g/mol. The number of anilines is 1. The zero-order valence-electron chi connectivity index (χ0n) is 17.6. The van der Waals surface area contributed by atoms with Crippen molar-refractivity contribution in [3.8, 4) is 5.75 Å². The second-order valence-corrected chi connectivity index (χ2v) is 8.41. The first kappa shape index (κ1) is 20.1. The number of aromatic nitrogens is 1. The summed E-state index contributed by atoms with van der Waals surface area (Å²) in [7, 11) is 1.64. The first-order chi connectivity index (χ1) is 14.5. The van der Waals surface area contributed by atoms with E-state index >= 15 is 0 Å². The largest absolute Gasteiger partial charge is 0.494 e. The van der Waals surface area contributed by atoms with E-state index in [2.05, 4.69) is 6.92 Å². The van der Waals surface area contributed by atoms with Crippen LogP contribution >= 0.6 is 11.3 Å². The molecule has 0 fully saturated rings. The number of aryl methyl sites for hydroxylation is 3. The van der Waals surface area contributed by atoms with Crippen LogP contribution in [0.3, 0.4) is 0 Å². The molecule has 152 valence electrons. The van der Waals surface area contributed by atoms with Crippen LogP contribution in [0.1, 0.15) is 32.6 Å². The van der Waals surface area contributed by atoms with E-state index < -0.39 is 0 Å². The number of hydrogen-bond acceptors (Lipinski definition) is 4. The molecule has 3 aromatic carbocycles. The van der Waals surface area contributed by atoms with Gasteiger partial charge in [-0.3, -0.25) is 9.69 Å². The average Bonchev–Trinajstić information content (AvgIpc) is 3.21. The average molecular weight is 417 g/mol. The van der Waals surface area contributed by atoms with Gasteiger partial charge in [-0.1, -0.05) is 53.8 Å². The van der Waals surface area contributed by atoms with Crippen molar-refractivity contribution in [3.05, 3.63) is 88.5 Å². The maximum absolute atomic E-state index is 13.6. The summed E-state index contributed by atoms with van der Waals surface area (Å²) in [5, 5.41) is 0.671. The highest BCUT2D eigenvalue weighted by Crippen LogP contribution is 2.37. The summed E-state index contributed by atoms with van der Waals surface area (Å²) in [4.78, 5) is 20.2. The maximum atomic E-state index is 13.6. The minimum absolute atomic E-state index is 0.0578. The molecule has 0 radical (unpaired) electrons. The molecule has 0 saturated heterocycles. The Bertz CT molecular complexity index is 1210. The summed E-state index contributed by atoms with van der Waals surface area (Å²) < 4.78 is 6.55. The molecule has 1 amide bonds. The fraction of sp³-hybridized carbons (Fsp3) is 0.200. The van der Waals surface area contributed by atoms with E-state index in [4.69, 9.17) is 9.72 Å². The van der Waals surface area contributed by atoms with E-state index in [1.807, 2.05) is 74.5 Å². The van der Waals surface area contributed by atoms with Crippen LogP contribution in [0.4, 0.5) is 5.13 Å². The minimum Gasteiger partial charge on any atom is -0.494 e. The van der Waals surface area contributed by atoms with Crippen LogP contribution in [-0.4, -0.2) is 18.0 Å². The molecule has 0 atom stereocenters. The molecule has 4 rings (SSSR count). The number of amides is 1. The predicted octanol–water partition coefficient (Wildman–Crippen LogP) is 6.08. The molecule has 0 saturated carbocycles. The molecule has 1 heterocycles. The molecule has 0 aliphatic carbocycles. The zero-order chi connectivity index (χ0) is 21.3. The van der Waals surface area contributed by atoms with Crippen molar-refractivity contribution in [1.29, 1.82) is 0 Å². The molecule has 30 heavy (non-hydrogen) atoms. The van der Waals surface area contributed by atoms with Crippen LogP contribution in [0.15, 0.2) is 60.7 Å². The van der Waals surface area contributed by atoms with Crippen molar-refractivity contribution in [2.24, 2.45) is 0 Å². The van der Waals surface area contributed by atoms with Gasteiger partial charge in [-0.15, -0.1) is 0 Å². The molecule has 4 aromatic rings. The molecule has 4 nitrogen and oxygen atoms in total. The molecule has 0 N–H and O–H groups in total. The summed E-state index contributed by atoms with van der Waals surface area (Å²) in [6.45, 7) is 6.58. The number of carbonyl (C=O) groups is 1. The topological polar surface area (TPSA) is 42.4 Å². The summed E-state index contributed by atoms with van der Waals surface area (Å²) in [5.41, 5.74) is 5.90. The van der Waals surface area contributed by atoms with Gasteiger partial charge in [-0.2, -0.15) is 0 Å². The summed E-state index contributed by atoms with van der Waals surface area (Å²) in [6, 6.07) is 19.8. The van der Waals surface area contributed by atoms with Gasteiger partial charge in [0.2, 0.25) is 0 Å². The lowest BCUT2D eigenvalue weighted by molar-refractivity contribution is 0.0985. The smallest absolute Gasteiger partial charge is 0.260 e. The summed E-state index contributed by atoms with van der Waals surface area (Å²) in [5.74, 6) is 0.661. The van der Waals surface area contributed by atoms with E-state index in [1.165, 1.54) is 16.9 Å². The minimum atomic E-state index is -0.0578. The van der Waals surface area contributed by atoms with Crippen molar-refractivity contribution in [3.63, 3.8) is 0 Å². The van der Waals surface area contributed by atoms with Crippen LogP contribution in [0.2, 0.25) is 0 Å². The molecule has 0 unspecified atom stereocenters. The SMILES string of the molecule is COc1ccc(C)c2sc(N(Cc3ccccc3)C(=O)c3ccc(C)c(C)c3)nc12. The third kappa shape index (κ3) is 3.81. The van der Waals surface area contributed by atoms with E-state index in [0.29, 0.717) is 17.2 Å². The molecular formula is C25H24N2O2S. The van der Waals surface area contributed by atoms with Crippen LogP contribution in [0.25, 0.3) is 10.2 Å². The number of ether oxygens (including phenoxy) is 1. The van der Waals surface area contributed by atoms with Gasteiger partial charge >= 0.3 is 0 Å². The Balaban J connectivity index is 1.83. The fourth-order valence-corrected chi connectivity index (χ4v) is 4.45. The van der Waals surface area contributed by atoms with E-state index in [1.54, 1.807) is 12.0 Å². The number of rotatable bonds is 5. The van der Waals surface area contributed by atoms with Crippen molar-refractivity contribution in [2.45, 2.75) is 27.3 Å². The second kappa shape index (κ2) is 8.28. The molecule has 1 aromatic heterocycles. The highest BCUT2D eigenvalue weighted by molar-refractivity contribution is 7.22. The molecule has 0 spiro atoms. The van der Waals surface area contributed by atoms with Crippen molar-refractivity contribution in [2.75, 3.05) is 12.0 Å². The van der Waals surface area contributed by atoms with Crippen molar-refractivity contribution < 1.29 is 9.53 Å². The van der Waals surface area contributed by atoms with E-state index in [0.717, 1.165) is 32.7 Å². The highest BCUT2D eigenvalue weighted by Gasteiger charge is 2.23. The van der Waals surface area contributed by atoms with Gasteiger partial charge in [-0.25, -0.2) is 4.98 Å². The molecule has 0 aliphatic rings. The number of fused-ring (bicyclic) bond motifs is 1. The first-order valence-corrected chi connectivity index (χ1v) is 10.7. The zero-order valence-corrected chi connectivity index (χ0v) is 18.4. The summed E-state index contributed by atoms with van der Waals surface area (Å²) >= 11 is 1.53. The summed E-state index contributed by atoms with van der Waals surface area (Å²) in [6.07, 6.45) is 0. The van der Waals surface area contributed by atoms with Crippen LogP contribution in [0, 0.1) is 20.8 Å².